The van der Waals surface area contributed by atoms with E-state index in [1.54, 1.807) is 11.4 Å². The second-order valence-electron chi connectivity index (χ2n) is 4.55. The molecule has 1 atom stereocenters. The Labute approximate surface area is 110 Å². The van der Waals surface area contributed by atoms with Gasteiger partial charge >= 0.3 is 0 Å². The minimum absolute atomic E-state index is 0.383. The molecule has 2 aromatic rings. The fourth-order valence-corrected chi connectivity index (χ4v) is 1.67. The van der Waals surface area contributed by atoms with Gasteiger partial charge in [0.25, 0.3) is 5.78 Å². The van der Waals surface area contributed by atoms with Crippen LogP contribution < -0.4 is 5.32 Å². The van der Waals surface area contributed by atoms with Crippen molar-refractivity contribution in [3.8, 4) is 0 Å². The van der Waals surface area contributed by atoms with E-state index >= 15 is 0 Å². The van der Waals surface area contributed by atoms with E-state index in [0.717, 1.165) is 5.56 Å². The number of aliphatic hydroxyl groups is 1. The fourth-order valence-electron chi connectivity index (χ4n) is 1.50. The van der Waals surface area contributed by atoms with Gasteiger partial charge in [0.2, 0.25) is 0 Å². The zero-order chi connectivity index (χ0) is 13.3. The third kappa shape index (κ3) is 2.39. The minimum Gasteiger partial charge on any atom is -0.388 e. The Hall–Kier alpha value is -1.40. The van der Waals surface area contributed by atoms with Crippen LogP contribution in [0.15, 0.2) is 6.33 Å². The summed E-state index contributed by atoms with van der Waals surface area (Å²) in [6.07, 6.45) is 2.07. The van der Waals surface area contributed by atoms with Crippen LogP contribution in [0.4, 0.5) is 5.82 Å². The Morgan fingerprint density at radius 1 is 1.56 bits per heavy atom. The lowest BCUT2D eigenvalue weighted by Gasteiger charge is -2.23. The smallest absolute Gasteiger partial charge is 0.255 e. The fraction of sp³-hybridized carbons (Fsp3) is 0.545. The first-order valence-corrected chi connectivity index (χ1v) is 6.14. The van der Waals surface area contributed by atoms with Gasteiger partial charge in [-0.05, 0) is 20.3 Å². The average molecular weight is 270 g/mol. The van der Waals surface area contributed by atoms with Crippen molar-refractivity contribution in [3.63, 3.8) is 0 Å². The Balaban J connectivity index is 2.37. The molecular weight excluding hydrogens is 254 g/mol. The number of nitrogens with zero attached hydrogens (tertiary/aromatic N) is 4. The van der Waals surface area contributed by atoms with Gasteiger partial charge in [-0.3, -0.25) is 0 Å². The quantitative estimate of drug-likeness (QED) is 0.826. The van der Waals surface area contributed by atoms with Crippen molar-refractivity contribution < 1.29 is 5.11 Å². The average Bonchev–Trinajstić information content (AvgIpc) is 2.77. The van der Waals surface area contributed by atoms with Crippen molar-refractivity contribution in [2.24, 2.45) is 0 Å². The largest absolute Gasteiger partial charge is 0.388 e. The van der Waals surface area contributed by atoms with E-state index in [1.807, 2.05) is 13.8 Å². The number of rotatable bonds is 4. The summed E-state index contributed by atoms with van der Waals surface area (Å²) in [6, 6.07) is 0. The predicted octanol–water partition coefficient (Wildman–Crippen LogP) is 1.66. The summed E-state index contributed by atoms with van der Waals surface area (Å²) in [4.78, 5) is 8.11. The lowest BCUT2D eigenvalue weighted by Crippen LogP contribution is -2.33. The van der Waals surface area contributed by atoms with Gasteiger partial charge in [0.1, 0.15) is 17.3 Å². The molecule has 0 saturated carbocycles. The molecule has 0 spiro atoms. The Morgan fingerprint density at radius 2 is 2.28 bits per heavy atom. The van der Waals surface area contributed by atoms with E-state index in [9.17, 15) is 5.11 Å². The highest BCUT2D eigenvalue weighted by Gasteiger charge is 2.19. The third-order valence-corrected chi connectivity index (χ3v) is 3.37. The van der Waals surface area contributed by atoms with E-state index < -0.39 is 5.60 Å². The van der Waals surface area contributed by atoms with Gasteiger partial charge in [-0.25, -0.2) is 0 Å². The van der Waals surface area contributed by atoms with Gasteiger partial charge in [-0.2, -0.15) is 19.6 Å². The molecule has 6 nitrogen and oxygen atoms in total. The summed E-state index contributed by atoms with van der Waals surface area (Å²) in [7, 11) is 0. The molecule has 0 radical (unpaired) electrons. The first kappa shape index (κ1) is 13.0. The van der Waals surface area contributed by atoms with Crippen LogP contribution in [0.25, 0.3) is 5.78 Å². The van der Waals surface area contributed by atoms with Crippen molar-refractivity contribution in [2.75, 3.05) is 11.9 Å². The Bertz CT molecular complexity index is 566. The molecular formula is C11H16ClN5O. The second kappa shape index (κ2) is 4.70. The van der Waals surface area contributed by atoms with Crippen LogP contribution >= 0.6 is 11.6 Å². The van der Waals surface area contributed by atoms with Gasteiger partial charge < -0.3 is 10.4 Å². The second-order valence-corrected chi connectivity index (χ2v) is 4.91. The number of aromatic nitrogens is 4. The summed E-state index contributed by atoms with van der Waals surface area (Å²) in [5, 5.41) is 17.6. The number of anilines is 1. The standard InChI is InChI=1S/C11H16ClN5O/c1-4-11(3,18)5-13-9-7(2)8(12)16-10-14-6-15-17(9)10/h6,13,18H,4-5H2,1-3H3. The van der Waals surface area contributed by atoms with Crippen LogP contribution in [0.5, 0.6) is 0 Å². The topological polar surface area (TPSA) is 75.3 Å². The third-order valence-electron chi connectivity index (χ3n) is 3.00. The molecule has 0 aliphatic carbocycles. The van der Waals surface area contributed by atoms with E-state index in [-0.39, 0.29) is 0 Å². The van der Waals surface area contributed by atoms with E-state index in [1.165, 1.54) is 6.33 Å². The number of halogens is 1. The maximum atomic E-state index is 10.0. The summed E-state index contributed by atoms with van der Waals surface area (Å²) in [6.45, 7) is 5.95. The maximum Gasteiger partial charge on any atom is 0.255 e. The number of hydrogen-bond acceptors (Lipinski definition) is 5. The van der Waals surface area contributed by atoms with Crippen molar-refractivity contribution in [1.29, 1.82) is 0 Å². The summed E-state index contributed by atoms with van der Waals surface area (Å²) in [5.74, 6) is 1.14. The van der Waals surface area contributed by atoms with Crippen LogP contribution in [0, 0.1) is 6.92 Å². The Morgan fingerprint density at radius 3 is 2.94 bits per heavy atom. The number of fused-ring (bicyclic) bond motifs is 1. The van der Waals surface area contributed by atoms with E-state index in [2.05, 4.69) is 20.4 Å². The lowest BCUT2D eigenvalue weighted by molar-refractivity contribution is 0.0696. The van der Waals surface area contributed by atoms with Crippen LogP contribution in [-0.2, 0) is 0 Å². The van der Waals surface area contributed by atoms with Crippen molar-refractivity contribution in [2.45, 2.75) is 32.8 Å². The SMILES string of the molecule is CCC(C)(O)CNc1c(C)c(Cl)nc2ncnn12. The highest BCUT2D eigenvalue weighted by atomic mass is 35.5. The first-order chi connectivity index (χ1) is 8.44. The molecule has 0 aliphatic heterocycles. The molecule has 2 rings (SSSR count). The maximum absolute atomic E-state index is 10.0. The van der Waals surface area contributed by atoms with E-state index in [4.69, 9.17) is 11.6 Å². The molecule has 18 heavy (non-hydrogen) atoms. The van der Waals surface area contributed by atoms with Crippen LogP contribution in [-0.4, -0.2) is 36.8 Å². The number of hydrogen-bond donors (Lipinski definition) is 2. The van der Waals surface area contributed by atoms with Gasteiger partial charge in [-0.15, -0.1) is 0 Å². The minimum atomic E-state index is -0.783. The normalized spacial score (nSPS) is 14.7. The summed E-state index contributed by atoms with van der Waals surface area (Å²) < 4.78 is 1.58. The molecule has 0 saturated heterocycles. The molecule has 0 bridgehead atoms. The zero-order valence-corrected chi connectivity index (χ0v) is 11.4. The Kier molecular flexibility index (Phi) is 3.41. The molecule has 0 aromatic carbocycles. The van der Waals surface area contributed by atoms with Gasteiger partial charge in [0, 0.05) is 12.1 Å². The molecule has 2 aromatic heterocycles. The van der Waals surface area contributed by atoms with Crippen molar-refractivity contribution in [1.82, 2.24) is 19.6 Å². The molecule has 7 heteroatoms. The molecule has 2 N–H and O–H groups in total. The highest BCUT2D eigenvalue weighted by Crippen LogP contribution is 2.22. The molecule has 2 heterocycles. The lowest BCUT2D eigenvalue weighted by atomic mass is 10.0. The van der Waals surface area contributed by atoms with E-state index in [0.29, 0.717) is 29.7 Å². The van der Waals surface area contributed by atoms with Crippen molar-refractivity contribution >= 4 is 23.2 Å². The van der Waals surface area contributed by atoms with Gasteiger partial charge in [-0.1, -0.05) is 18.5 Å². The number of nitrogens with one attached hydrogen (secondary N) is 1. The molecule has 1 unspecified atom stereocenters. The summed E-state index contributed by atoms with van der Waals surface area (Å²) in [5.41, 5.74) is -0.00342. The molecule has 0 amide bonds. The predicted molar refractivity (Wildman–Crippen MR) is 69.9 cm³/mol. The van der Waals surface area contributed by atoms with Crippen molar-refractivity contribution in [3.05, 3.63) is 17.0 Å². The van der Waals surface area contributed by atoms with Gasteiger partial charge in [0.05, 0.1) is 5.60 Å². The van der Waals surface area contributed by atoms with Crippen LogP contribution in [0.2, 0.25) is 5.15 Å². The molecule has 0 aliphatic rings. The van der Waals surface area contributed by atoms with Crippen LogP contribution in [0.1, 0.15) is 25.8 Å². The first-order valence-electron chi connectivity index (χ1n) is 5.76. The van der Waals surface area contributed by atoms with Gasteiger partial charge in [0.15, 0.2) is 0 Å². The monoisotopic (exact) mass is 269 g/mol. The zero-order valence-electron chi connectivity index (χ0n) is 10.6. The molecule has 98 valence electrons. The summed E-state index contributed by atoms with van der Waals surface area (Å²) >= 11 is 6.04. The van der Waals surface area contributed by atoms with Crippen LogP contribution in [0.3, 0.4) is 0 Å². The highest BCUT2D eigenvalue weighted by molar-refractivity contribution is 6.30. The molecule has 0 fully saturated rings.